The van der Waals surface area contributed by atoms with E-state index < -0.39 is 21.7 Å². The summed E-state index contributed by atoms with van der Waals surface area (Å²) in [6, 6.07) is 7.48. The number of sulfonamides is 1. The summed E-state index contributed by atoms with van der Waals surface area (Å²) in [4.78, 5) is 17.0. The average molecular weight is 330 g/mol. The number of carbonyl (C=O) groups is 1. The van der Waals surface area contributed by atoms with Gasteiger partial charge < -0.3 is 0 Å². The van der Waals surface area contributed by atoms with Crippen LogP contribution < -0.4 is 10.3 Å². The van der Waals surface area contributed by atoms with Crippen molar-refractivity contribution in [3.63, 3.8) is 0 Å². The van der Waals surface area contributed by atoms with E-state index in [2.05, 4.69) is 4.98 Å². The Balaban J connectivity index is 2.11. The van der Waals surface area contributed by atoms with Crippen LogP contribution in [0.2, 0.25) is 5.02 Å². The maximum atomic E-state index is 13.0. The van der Waals surface area contributed by atoms with Crippen LogP contribution >= 0.6 is 11.6 Å². The molecule has 6 nitrogen and oxygen atoms in total. The van der Waals surface area contributed by atoms with Crippen molar-refractivity contribution in [1.82, 2.24) is 15.2 Å². The van der Waals surface area contributed by atoms with E-state index >= 15 is 0 Å². The molecule has 0 bridgehead atoms. The molecule has 0 aliphatic rings. The zero-order valence-corrected chi connectivity index (χ0v) is 12.0. The van der Waals surface area contributed by atoms with E-state index in [0.717, 1.165) is 18.2 Å². The second-order valence-electron chi connectivity index (χ2n) is 3.85. The van der Waals surface area contributed by atoms with Crippen molar-refractivity contribution >= 4 is 27.5 Å². The topological polar surface area (TPSA) is 88.2 Å². The fourth-order valence-corrected chi connectivity index (χ4v) is 2.49. The number of hydrazine groups is 1. The summed E-state index contributed by atoms with van der Waals surface area (Å²) in [5.74, 6) is -1.47. The quantitative estimate of drug-likeness (QED) is 0.832. The maximum absolute atomic E-state index is 13.0. The molecule has 0 saturated heterocycles. The number of benzene rings is 1. The van der Waals surface area contributed by atoms with Gasteiger partial charge in [-0.15, -0.1) is 4.83 Å². The first-order valence-electron chi connectivity index (χ1n) is 5.58. The molecular weight excluding hydrogens is 321 g/mol. The molecule has 0 fully saturated rings. The Kier molecular flexibility index (Phi) is 4.51. The Labute approximate surface area is 125 Å². The van der Waals surface area contributed by atoms with E-state index in [9.17, 15) is 17.6 Å². The van der Waals surface area contributed by atoms with Gasteiger partial charge in [-0.05, 0) is 30.3 Å². The largest absolute Gasteiger partial charge is 0.284 e. The minimum Gasteiger partial charge on any atom is -0.272 e. The van der Waals surface area contributed by atoms with Gasteiger partial charge in [0, 0.05) is 6.20 Å². The first-order chi connectivity index (χ1) is 9.90. The van der Waals surface area contributed by atoms with Crippen LogP contribution in [-0.2, 0) is 10.0 Å². The molecule has 0 saturated carbocycles. The highest BCUT2D eigenvalue weighted by atomic mass is 35.5. The lowest BCUT2D eigenvalue weighted by atomic mass is 10.3. The summed E-state index contributed by atoms with van der Waals surface area (Å²) in [5.41, 5.74) is 2.03. The standard InChI is InChI=1S/C12H9ClFN3O3S/c13-9-7-8(4-5-10(9)14)21(19,20)17-16-12(18)11-3-1-2-6-15-11/h1-7,17H,(H,16,18). The normalized spacial score (nSPS) is 11.1. The number of nitrogens with zero attached hydrogens (tertiary/aromatic N) is 1. The predicted molar refractivity (Wildman–Crippen MR) is 73.4 cm³/mol. The first kappa shape index (κ1) is 15.4. The summed E-state index contributed by atoms with van der Waals surface area (Å²) in [5, 5.41) is -0.339. The molecular formula is C12H9ClFN3O3S. The van der Waals surface area contributed by atoms with E-state index in [4.69, 9.17) is 11.6 Å². The number of halogens is 2. The monoisotopic (exact) mass is 329 g/mol. The number of carbonyl (C=O) groups excluding carboxylic acids is 1. The lowest BCUT2D eigenvalue weighted by molar-refractivity contribution is 0.0940. The van der Waals surface area contributed by atoms with Crippen molar-refractivity contribution in [3.05, 3.63) is 59.1 Å². The molecule has 21 heavy (non-hydrogen) atoms. The summed E-state index contributed by atoms with van der Waals surface area (Å²) in [6.45, 7) is 0. The molecule has 1 amide bonds. The van der Waals surface area contributed by atoms with Crippen molar-refractivity contribution in [1.29, 1.82) is 0 Å². The smallest absolute Gasteiger partial charge is 0.272 e. The molecule has 9 heteroatoms. The van der Waals surface area contributed by atoms with Crippen molar-refractivity contribution in [2.24, 2.45) is 0 Å². The zero-order valence-electron chi connectivity index (χ0n) is 10.4. The highest BCUT2D eigenvalue weighted by Gasteiger charge is 2.17. The molecule has 110 valence electrons. The SMILES string of the molecule is O=C(NNS(=O)(=O)c1ccc(F)c(Cl)c1)c1ccccn1. The first-order valence-corrected chi connectivity index (χ1v) is 7.44. The van der Waals surface area contributed by atoms with Crippen molar-refractivity contribution < 1.29 is 17.6 Å². The maximum Gasteiger partial charge on any atom is 0.284 e. The van der Waals surface area contributed by atoms with Crippen LogP contribution in [-0.4, -0.2) is 19.3 Å². The van der Waals surface area contributed by atoms with Gasteiger partial charge in [0.2, 0.25) is 0 Å². The number of pyridine rings is 1. The van der Waals surface area contributed by atoms with Gasteiger partial charge in [0.1, 0.15) is 11.5 Å². The second kappa shape index (κ2) is 6.17. The van der Waals surface area contributed by atoms with Crippen LogP contribution in [0.25, 0.3) is 0 Å². The van der Waals surface area contributed by atoms with Gasteiger partial charge in [0.25, 0.3) is 15.9 Å². The Morgan fingerprint density at radius 3 is 2.62 bits per heavy atom. The molecule has 1 aromatic carbocycles. The van der Waals surface area contributed by atoms with Crippen molar-refractivity contribution in [2.75, 3.05) is 0 Å². The highest BCUT2D eigenvalue weighted by Crippen LogP contribution is 2.18. The van der Waals surface area contributed by atoms with E-state index in [1.54, 1.807) is 12.1 Å². The van der Waals surface area contributed by atoms with Gasteiger partial charge in [-0.2, -0.15) is 0 Å². The van der Waals surface area contributed by atoms with Crippen molar-refractivity contribution in [3.8, 4) is 0 Å². The Morgan fingerprint density at radius 2 is 2.00 bits per heavy atom. The van der Waals surface area contributed by atoms with Crippen LogP contribution in [0, 0.1) is 5.82 Å². The van der Waals surface area contributed by atoms with Crippen LogP contribution in [0.15, 0.2) is 47.5 Å². The van der Waals surface area contributed by atoms with Gasteiger partial charge in [-0.1, -0.05) is 17.7 Å². The van der Waals surface area contributed by atoms with Crippen LogP contribution in [0.1, 0.15) is 10.5 Å². The van der Waals surface area contributed by atoms with Crippen LogP contribution in [0.4, 0.5) is 4.39 Å². The lowest BCUT2D eigenvalue weighted by Crippen LogP contribution is -2.41. The van der Waals surface area contributed by atoms with Gasteiger partial charge >= 0.3 is 0 Å². The summed E-state index contributed by atoms with van der Waals surface area (Å²) in [6.07, 6.45) is 1.39. The van der Waals surface area contributed by atoms with Crippen LogP contribution in [0.5, 0.6) is 0 Å². The molecule has 0 atom stereocenters. The third-order valence-corrected chi connectivity index (χ3v) is 3.93. The summed E-state index contributed by atoms with van der Waals surface area (Å²) < 4.78 is 36.8. The molecule has 2 N–H and O–H groups in total. The summed E-state index contributed by atoms with van der Waals surface area (Å²) >= 11 is 5.51. The van der Waals surface area contributed by atoms with E-state index in [-0.39, 0.29) is 15.6 Å². The molecule has 0 aliphatic heterocycles. The Hall–Kier alpha value is -2.03. The number of hydrogen-bond acceptors (Lipinski definition) is 4. The van der Waals surface area contributed by atoms with E-state index in [0.29, 0.717) is 0 Å². The number of amides is 1. The van der Waals surface area contributed by atoms with Gasteiger partial charge in [0.05, 0.1) is 9.92 Å². The highest BCUT2D eigenvalue weighted by molar-refractivity contribution is 7.89. The lowest BCUT2D eigenvalue weighted by Gasteiger charge is -2.08. The fourth-order valence-electron chi connectivity index (χ4n) is 1.38. The average Bonchev–Trinajstić information content (AvgIpc) is 2.48. The molecule has 0 unspecified atom stereocenters. The number of nitrogens with one attached hydrogen (secondary N) is 2. The van der Waals surface area contributed by atoms with E-state index in [1.807, 2.05) is 10.3 Å². The molecule has 0 aliphatic carbocycles. The predicted octanol–water partition coefficient (Wildman–Crippen LogP) is 1.50. The molecule has 2 aromatic rings. The third-order valence-electron chi connectivity index (χ3n) is 2.40. The number of aromatic nitrogens is 1. The van der Waals surface area contributed by atoms with Gasteiger partial charge in [0.15, 0.2) is 0 Å². The van der Waals surface area contributed by atoms with Crippen LogP contribution in [0.3, 0.4) is 0 Å². The molecule has 1 aromatic heterocycles. The Bertz CT molecular complexity index is 769. The fraction of sp³-hybridized carbons (Fsp3) is 0. The second-order valence-corrected chi connectivity index (χ2v) is 5.94. The Morgan fingerprint density at radius 1 is 1.24 bits per heavy atom. The third kappa shape index (κ3) is 3.75. The molecule has 0 radical (unpaired) electrons. The molecule has 2 rings (SSSR count). The van der Waals surface area contributed by atoms with Gasteiger partial charge in [-0.3, -0.25) is 15.2 Å². The van der Waals surface area contributed by atoms with E-state index in [1.165, 1.54) is 12.3 Å². The summed E-state index contributed by atoms with van der Waals surface area (Å²) in [7, 11) is -4.06. The number of hydrogen-bond donors (Lipinski definition) is 2. The zero-order chi connectivity index (χ0) is 15.5. The van der Waals surface area contributed by atoms with Gasteiger partial charge in [-0.25, -0.2) is 12.8 Å². The minimum absolute atomic E-state index is 0.0392. The van der Waals surface area contributed by atoms with Crippen molar-refractivity contribution in [2.45, 2.75) is 4.90 Å². The molecule has 1 heterocycles. The molecule has 0 spiro atoms. The minimum atomic E-state index is -4.06. The number of rotatable bonds is 4.